The highest BCUT2D eigenvalue weighted by Crippen LogP contribution is 2.21. The van der Waals surface area contributed by atoms with Gasteiger partial charge in [0.25, 0.3) is 0 Å². The monoisotopic (exact) mass is 317 g/mol. The summed E-state index contributed by atoms with van der Waals surface area (Å²) >= 11 is 0. The van der Waals surface area contributed by atoms with Crippen LogP contribution in [-0.2, 0) is 6.42 Å². The zero-order valence-electron chi connectivity index (χ0n) is 14.6. The van der Waals surface area contributed by atoms with E-state index >= 15 is 0 Å². The largest absolute Gasteiger partial charge is 0.376 e. The number of hydrogen-bond donors (Lipinski definition) is 1. The van der Waals surface area contributed by atoms with Crippen LogP contribution in [0, 0.1) is 0 Å². The van der Waals surface area contributed by atoms with E-state index in [0.29, 0.717) is 0 Å². The first-order valence-corrected chi connectivity index (χ1v) is 8.36. The van der Waals surface area contributed by atoms with Crippen LogP contribution in [0.5, 0.6) is 0 Å². The first-order valence-electron chi connectivity index (χ1n) is 8.36. The van der Waals surface area contributed by atoms with Gasteiger partial charge >= 0.3 is 0 Å². The fourth-order valence-corrected chi connectivity index (χ4v) is 3.11. The number of fused-ring (bicyclic) bond motifs is 1. The summed E-state index contributed by atoms with van der Waals surface area (Å²) in [5, 5.41) is 16.4. The number of rotatable bonds is 5. The fraction of sp³-hybridized carbons (Fsp3) is 0.688. The Hall–Kier alpha value is -1.73. The molecule has 0 amide bonds. The summed E-state index contributed by atoms with van der Waals surface area (Å²) < 4.78 is 1.76. The van der Waals surface area contributed by atoms with E-state index in [2.05, 4.69) is 64.3 Å². The van der Waals surface area contributed by atoms with E-state index in [1.807, 2.05) is 0 Å². The molecular formula is C16H27N7. The molecule has 23 heavy (non-hydrogen) atoms. The average molecular weight is 317 g/mol. The van der Waals surface area contributed by atoms with E-state index < -0.39 is 0 Å². The molecule has 1 aliphatic heterocycles. The lowest BCUT2D eigenvalue weighted by molar-refractivity contribution is 0.138. The molecule has 0 aliphatic carbocycles. The lowest BCUT2D eigenvalue weighted by Gasteiger charge is -2.38. The van der Waals surface area contributed by atoms with Crippen molar-refractivity contribution in [1.82, 2.24) is 29.6 Å². The smallest absolute Gasteiger partial charge is 0.200 e. The van der Waals surface area contributed by atoms with Gasteiger partial charge in [-0.1, -0.05) is 6.92 Å². The van der Waals surface area contributed by atoms with Gasteiger partial charge < -0.3 is 10.2 Å². The Kier molecular flexibility index (Phi) is 4.50. The summed E-state index contributed by atoms with van der Waals surface area (Å²) in [4.78, 5) is 4.91. The molecule has 1 saturated heterocycles. The normalized spacial score (nSPS) is 17.7. The van der Waals surface area contributed by atoms with Crippen molar-refractivity contribution in [2.45, 2.75) is 32.7 Å². The van der Waals surface area contributed by atoms with E-state index in [0.717, 1.165) is 56.2 Å². The molecule has 0 radical (unpaired) electrons. The molecule has 2 aromatic heterocycles. The molecule has 0 spiro atoms. The van der Waals surface area contributed by atoms with E-state index in [9.17, 15) is 0 Å². The minimum atomic E-state index is -0.0469. The van der Waals surface area contributed by atoms with E-state index in [-0.39, 0.29) is 5.54 Å². The molecule has 7 heteroatoms. The van der Waals surface area contributed by atoms with Gasteiger partial charge in [0.15, 0.2) is 0 Å². The number of nitrogens with one attached hydrogen (secondary N) is 1. The van der Waals surface area contributed by atoms with Crippen LogP contribution in [-0.4, -0.2) is 74.9 Å². The molecule has 0 bridgehead atoms. The molecule has 3 rings (SSSR count). The highest BCUT2D eigenvalue weighted by Gasteiger charge is 2.25. The number of nitrogens with zero attached hydrogens (tertiary/aromatic N) is 6. The van der Waals surface area contributed by atoms with Gasteiger partial charge in [0.05, 0.1) is 11.4 Å². The van der Waals surface area contributed by atoms with Crippen molar-refractivity contribution < 1.29 is 0 Å². The molecule has 0 unspecified atom stereocenters. The van der Waals surface area contributed by atoms with Crippen LogP contribution in [0.3, 0.4) is 0 Å². The van der Waals surface area contributed by atoms with Gasteiger partial charge in [0.2, 0.25) is 5.65 Å². The van der Waals surface area contributed by atoms with Crippen molar-refractivity contribution in [3.63, 3.8) is 0 Å². The Morgan fingerprint density at radius 2 is 1.96 bits per heavy atom. The average Bonchev–Trinajstić information content (AvgIpc) is 2.97. The number of hydrogen-bond acceptors (Lipinski definition) is 6. The molecule has 1 fully saturated rings. The van der Waals surface area contributed by atoms with Crippen molar-refractivity contribution in [3.8, 4) is 0 Å². The molecule has 126 valence electrons. The van der Waals surface area contributed by atoms with Crippen LogP contribution < -0.4 is 5.32 Å². The Labute approximate surface area is 137 Å². The molecule has 7 nitrogen and oxygen atoms in total. The van der Waals surface area contributed by atoms with E-state index in [1.165, 1.54) is 0 Å². The third kappa shape index (κ3) is 3.79. The maximum absolute atomic E-state index is 4.50. The van der Waals surface area contributed by atoms with Gasteiger partial charge in [-0.25, -0.2) is 0 Å². The molecule has 1 N–H and O–H groups in total. The van der Waals surface area contributed by atoms with Crippen LogP contribution >= 0.6 is 0 Å². The van der Waals surface area contributed by atoms with Crippen LogP contribution in [0.2, 0.25) is 0 Å². The third-order valence-corrected chi connectivity index (χ3v) is 4.37. The Balaban J connectivity index is 1.75. The van der Waals surface area contributed by atoms with E-state index in [1.54, 1.807) is 10.8 Å². The highest BCUT2D eigenvalue weighted by molar-refractivity contribution is 5.67. The number of piperazine rings is 1. The standard InChI is InChI=1S/C16H27N7/c1-5-13-10-14(15-19-17-12-23(15)20-13)18-16(2,3)11-22-8-6-21(4)7-9-22/h10,12,18H,5-9,11H2,1-4H3. The maximum Gasteiger partial charge on any atom is 0.200 e. The topological polar surface area (TPSA) is 61.6 Å². The summed E-state index contributed by atoms with van der Waals surface area (Å²) in [5.74, 6) is 0. The lowest BCUT2D eigenvalue weighted by atomic mass is 10.0. The summed E-state index contributed by atoms with van der Waals surface area (Å²) in [6.07, 6.45) is 2.55. The second-order valence-electron chi connectivity index (χ2n) is 7.09. The van der Waals surface area contributed by atoms with Crippen LogP contribution in [0.1, 0.15) is 26.5 Å². The summed E-state index contributed by atoms with van der Waals surface area (Å²) in [6, 6.07) is 2.09. The van der Waals surface area contributed by atoms with Crippen molar-refractivity contribution in [2.24, 2.45) is 0 Å². The van der Waals surface area contributed by atoms with Crippen molar-refractivity contribution in [1.29, 1.82) is 0 Å². The Bertz CT molecular complexity index is 655. The quantitative estimate of drug-likeness (QED) is 0.892. The summed E-state index contributed by atoms with van der Waals surface area (Å²) in [6.45, 7) is 12.1. The third-order valence-electron chi connectivity index (χ3n) is 4.37. The van der Waals surface area contributed by atoms with Gasteiger partial charge in [-0.3, -0.25) is 4.90 Å². The summed E-state index contributed by atoms with van der Waals surface area (Å²) in [5.41, 5.74) is 2.78. The first kappa shape index (κ1) is 16.1. The molecule has 3 heterocycles. The van der Waals surface area contributed by atoms with Gasteiger partial charge in [-0.2, -0.15) is 9.61 Å². The molecule has 0 saturated carbocycles. The number of anilines is 1. The number of aromatic nitrogens is 4. The molecule has 2 aromatic rings. The van der Waals surface area contributed by atoms with Gasteiger partial charge in [0, 0.05) is 38.3 Å². The number of aryl methyl sites for hydroxylation is 1. The maximum atomic E-state index is 4.50. The second-order valence-corrected chi connectivity index (χ2v) is 7.09. The van der Waals surface area contributed by atoms with Gasteiger partial charge in [-0.15, -0.1) is 10.2 Å². The fourth-order valence-electron chi connectivity index (χ4n) is 3.11. The van der Waals surface area contributed by atoms with Crippen LogP contribution in [0.4, 0.5) is 5.69 Å². The minimum absolute atomic E-state index is 0.0469. The highest BCUT2D eigenvalue weighted by atomic mass is 15.4. The Morgan fingerprint density at radius 3 is 2.65 bits per heavy atom. The number of likely N-dealkylation sites (N-methyl/N-ethyl adjacent to an activating group) is 1. The minimum Gasteiger partial charge on any atom is -0.376 e. The molecule has 1 aliphatic rings. The van der Waals surface area contributed by atoms with E-state index in [4.69, 9.17) is 0 Å². The van der Waals surface area contributed by atoms with Crippen LogP contribution in [0.25, 0.3) is 5.65 Å². The van der Waals surface area contributed by atoms with Gasteiger partial charge in [0.1, 0.15) is 6.33 Å². The SMILES string of the molecule is CCc1cc(NC(C)(C)CN2CCN(C)CC2)c2nncn2n1. The second kappa shape index (κ2) is 6.41. The zero-order chi connectivity index (χ0) is 16.4. The molecule has 0 aromatic carbocycles. The summed E-state index contributed by atoms with van der Waals surface area (Å²) in [7, 11) is 2.19. The first-order chi connectivity index (χ1) is 11.0. The van der Waals surface area contributed by atoms with Gasteiger partial charge in [-0.05, 0) is 33.4 Å². The molecule has 0 atom stereocenters. The molecular weight excluding hydrogens is 290 g/mol. The van der Waals surface area contributed by atoms with Crippen LogP contribution in [0.15, 0.2) is 12.4 Å². The predicted molar refractivity (Wildman–Crippen MR) is 91.8 cm³/mol. The Morgan fingerprint density at radius 1 is 1.22 bits per heavy atom. The zero-order valence-corrected chi connectivity index (χ0v) is 14.6. The van der Waals surface area contributed by atoms with Crippen molar-refractivity contribution in [3.05, 3.63) is 18.1 Å². The lowest BCUT2D eigenvalue weighted by Crippen LogP contribution is -2.51. The predicted octanol–water partition coefficient (Wildman–Crippen LogP) is 1.12. The van der Waals surface area contributed by atoms with Crippen molar-refractivity contribution in [2.75, 3.05) is 45.1 Å². The van der Waals surface area contributed by atoms with Crippen molar-refractivity contribution >= 4 is 11.3 Å².